The van der Waals surface area contributed by atoms with Crippen molar-refractivity contribution in [1.29, 1.82) is 0 Å². The maximum absolute atomic E-state index is 12.3. The fourth-order valence-electron chi connectivity index (χ4n) is 2.16. The lowest BCUT2D eigenvalue weighted by Crippen LogP contribution is -2.35. The summed E-state index contributed by atoms with van der Waals surface area (Å²) in [5.41, 5.74) is 1.15. The van der Waals surface area contributed by atoms with Gasteiger partial charge in [0.1, 0.15) is 12.4 Å². The molecule has 1 atom stereocenters. The average Bonchev–Trinajstić information content (AvgIpc) is 2.58. The van der Waals surface area contributed by atoms with E-state index in [2.05, 4.69) is 5.32 Å². The van der Waals surface area contributed by atoms with E-state index >= 15 is 0 Å². The summed E-state index contributed by atoms with van der Waals surface area (Å²) in [7, 11) is 0. The van der Waals surface area contributed by atoms with Crippen LogP contribution in [0.2, 0.25) is 5.02 Å². The van der Waals surface area contributed by atoms with Gasteiger partial charge < -0.3 is 10.1 Å². The predicted molar refractivity (Wildman–Crippen MR) is 101 cm³/mol. The van der Waals surface area contributed by atoms with E-state index in [-0.39, 0.29) is 11.2 Å². The van der Waals surface area contributed by atoms with E-state index in [1.54, 1.807) is 11.8 Å². The second-order valence-corrected chi connectivity index (χ2v) is 7.14. The normalized spacial score (nSPS) is 11.8. The minimum atomic E-state index is -0.120. The Hall–Kier alpha value is -1.65. The molecule has 0 unspecified atom stereocenters. The third-order valence-electron chi connectivity index (χ3n) is 3.41. The number of benzene rings is 2. The first-order valence-electron chi connectivity index (χ1n) is 7.98. The first-order chi connectivity index (χ1) is 11.6. The van der Waals surface area contributed by atoms with Gasteiger partial charge in [0.15, 0.2) is 0 Å². The van der Waals surface area contributed by atoms with Gasteiger partial charge >= 0.3 is 0 Å². The second-order valence-electron chi connectivity index (χ2n) is 5.42. The molecule has 0 aliphatic carbocycles. The van der Waals surface area contributed by atoms with Crippen LogP contribution in [0.5, 0.6) is 5.75 Å². The molecule has 1 amide bonds. The number of halogens is 1. The summed E-state index contributed by atoms with van der Waals surface area (Å²) in [6, 6.07) is 15.4. The molecule has 3 nitrogen and oxygen atoms in total. The van der Waals surface area contributed by atoms with Crippen LogP contribution >= 0.6 is 23.4 Å². The molecule has 128 valence electrons. The zero-order valence-corrected chi connectivity index (χ0v) is 15.5. The van der Waals surface area contributed by atoms with Crippen LogP contribution in [0, 0.1) is 6.92 Å². The van der Waals surface area contributed by atoms with Gasteiger partial charge in [0.2, 0.25) is 5.91 Å². The molecule has 0 fully saturated rings. The molecule has 0 heterocycles. The lowest BCUT2D eigenvalue weighted by molar-refractivity contribution is -0.120. The summed E-state index contributed by atoms with van der Waals surface area (Å²) < 4.78 is 5.65. The number of amides is 1. The smallest absolute Gasteiger partial charge is 0.233 e. The van der Waals surface area contributed by atoms with Gasteiger partial charge in [-0.3, -0.25) is 4.79 Å². The van der Waals surface area contributed by atoms with Crippen molar-refractivity contribution >= 4 is 29.3 Å². The molecule has 0 saturated heterocycles. The van der Waals surface area contributed by atoms with E-state index in [9.17, 15) is 4.79 Å². The van der Waals surface area contributed by atoms with E-state index in [0.717, 1.165) is 22.6 Å². The molecule has 1 N–H and O–H groups in total. The Balaban J connectivity index is 1.76. The number of carbonyl (C=O) groups is 1. The van der Waals surface area contributed by atoms with Gasteiger partial charge in [-0.1, -0.05) is 30.7 Å². The van der Waals surface area contributed by atoms with Crippen molar-refractivity contribution in [2.45, 2.75) is 30.4 Å². The highest BCUT2D eigenvalue weighted by Crippen LogP contribution is 2.26. The van der Waals surface area contributed by atoms with E-state index in [1.165, 1.54) is 0 Å². The molecular formula is C19H22ClNO2S. The monoisotopic (exact) mass is 363 g/mol. The van der Waals surface area contributed by atoms with Gasteiger partial charge in [-0.05, 0) is 55.3 Å². The largest absolute Gasteiger partial charge is 0.492 e. The van der Waals surface area contributed by atoms with E-state index < -0.39 is 0 Å². The molecular weight excluding hydrogens is 342 g/mol. The molecule has 24 heavy (non-hydrogen) atoms. The van der Waals surface area contributed by atoms with Crippen molar-refractivity contribution in [1.82, 2.24) is 5.32 Å². The summed E-state index contributed by atoms with van der Waals surface area (Å²) in [6.07, 6.45) is 0.762. The summed E-state index contributed by atoms with van der Waals surface area (Å²) in [5.74, 6) is 0.858. The van der Waals surface area contributed by atoms with Crippen molar-refractivity contribution in [2.24, 2.45) is 0 Å². The topological polar surface area (TPSA) is 38.3 Å². The Labute approximate surface area is 152 Å². The molecule has 5 heteroatoms. The van der Waals surface area contributed by atoms with Crippen molar-refractivity contribution in [3.05, 3.63) is 59.1 Å². The fourth-order valence-corrected chi connectivity index (χ4v) is 3.27. The van der Waals surface area contributed by atoms with Gasteiger partial charge in [-0.2, -0.15) is 0 Å². The number of carbonyl (C=O) groups excluding carboxylic acids is 1. The van der Waals surface area contributed by atoms with Gasteiger partial charge in [0.25, 0.3) is 0 Å². The second kappa shape index (κ2) is 9.60. The number of hydrogen-bond donors (Lipinski definition) is 1. The minimum absolute atomic E-state index is 0.0327. The molecule has 0 bridgehead atoms. The summed E-state index contributed by atoms with van der Waals surface area (Å²) in [5, 5.41) is 3.52. The molecule has 0 aliphatic rings. The number of thioether (sulfide) groups is 1. The maximum atomic E-state index is 12.3. The molecule has 0 spiro atoms. The SMILES string of the molecule is CC[C@H](Sc1ccc(Cl)cc1)C(=O)NCCOc1cccc(C)c1. The lowest BCUT2D eigenvalue weighted by Gasteiger charge is -2.15. The number of hydrogen-bond acceptors (Lipinski definition) is 3. The van der Waals surface area contributed by atoms with Gasteiger partial charge in [0.05, 0.1) is 11.8 Å². The van der Waals surface area contributed by atoms with Crippen LogP contribution in [0.15, 0.2) is 53.4 Å². The number of rotatable bonds is 8. The van der Waals surface area contributed by atoms with Crippen LogP contribution in [-0.2, 0) is 4.79 Å². The Kier molecular flexibility index (Phi) is 7.47. The number of aryl methyl sites for hydroxylation is 1. The predicted octanol–water partition coefficient (Wildman–Crippen LogP) is 4.71. The zero-order chi connectivity index (χ0) is 17.4. The average molecular weight is 364 g/mol. The summed E-state index contributed by atoms with van der Waals surface area (Å²) >= 11 is 7.44. The molecule has 0 saturated carbocycles. The minimum Gasteiger partial charge on any atom is -0.492 e. The number of ether oxygens (including phenoxy) is 1. The highest BCUT2D eigenvalue weighted by Gasteiger charge is 2.17. The highest BCUT2D eigenvalue weighted by molar-refractivity contribution is 8.00. The third kappa shape index (κ3) is 6.10. The first kappa shape index (κ1) is 18.7. The molecule has 2 aromatic rings. The maximum Gasteiger partial charge on any atom is 0.233 e. The van der Waals surface area contributed by atoms with E-state index in [4.69, 9.17) is 16.3 Å². The Morgan fingerprint density at radius 2 is 2.00 bits per heavy atom. The van der Waals surface area contributed by atoms with Crippen molar-refractivity contribution in [3.63, 3.8) is 0 Å². The van der Waals surface area contributed by atoms with Crippen LogP contribution < -0.4 is 10.1 Å². The van der Waals surface area contributed by atoms with Crippen molar-refractivity contribution in [2.75, 3.05) is 13.2 Å². The quantitative estimate of drug-likeness (QED) is 0.545. The van der Waals surface area contributed by atoms with Gasteiger partial charge in [-0.25, -0.2) is 0 Å². The van der Waals surface area contributed by atoms with Crippen LogP contribution in [-0.4, -0.2) is 24.3 Å². The molecule has 0 aliphatic heterocycles. The zero-order valence-electron chi connectivity index (χ0n) is 13.9. The van der Waals surface area contributed by atoms with E-state index in [1.807, 2.05) is 62.4 Å². The van der Waals surface area contributed by atoms with Crippen LogP contribution in [0.1, 0.15) is 18.9 Å². The molecule has 2 aromatic carbocycles. The summed E-state index contributed by atoms with van der Waals surface area (Å²) in [6.45, 7) is 4.98. The van der Waals surface area contributed by atoms with Crippen LogP contribution in [0.3, 0.4) is 0 Å². The Bertz CT molecular complexity index is 661. The third-order valence-corrected chi connectivity index (χ3v) is 5.04. The molecule has 0 aromatic heterocycles. The molecule has 0 radical (unpaired) electrons. The van der Waals surface area contributed by atoms with E-state index in [0.29, 0.717) is 18.2 Å². The molecule has 2 rings (SSSR count). The van der Waals surface area contributed by atoms with Gasteiger partial charge in [0, 0.05) is 9.92 Å². The van der Waals surface area contributed by atoms with Crippen molar-refractivity contribution < 1.29 is 9.53 Å². The van der Waals surface area contributed by atoms with Crippen molar-refractivity contribution in [3.8, 4) is 5.75 Å². The van der Waals surface area contributed by atoms with Gasteiger partial charge in [-0.15, -0.1) is 11.8 Å². The van der Waals surface area contributed by atoms with Crippen LogP contribution in [0.25, 0.3) is 0 Å². The Morgan fingerprint density at radius 1 is 1.25 bits per heavy atom. The lowest BCUT2D eigenvalue weighted by atomic mass is 10.2. The summed E-state index contributed by atoms with van der Waals surface area (Å²) in [4.78, 5) is 13.3. The number of nitrogens with one attached hydrogen (secondary N) is 1. The fraction of sp³-hybridized carbons (Fsp3) is 0.316. The highest BCUT2D eigenvalue weighted by atomic mass is 35.5. The Morgan fingerprint density at radius 3 is 2.67 bits per heavy atom. The van der Waals surface area contributed by atoms with Crippen LogP contribution in [0.4, 0.5) is 0 Å². The standard InChI is InChI=1S/C19H22ClNO2S/c1-3-18(24-17-9-7-15(20)8-10-17)19(22)21-11-12-23-16-6-4-5-14(2)13-16/h4-10,13,18H,3,11-12H2,1-2H3,(H,21,22)/t18-/m0/s1. The first-order valence-corrected chi connectivity index (χ1v) is 9.23.